The van der Waals surface area contributed by atoms with Crippen molar-refractivity contribution in [3.05, 3.63) is 88.2 Å². The van der Waals surface area contributed by atoms with Gasteiger partial charge >= 0.3 is 0 Å². The molecule has 0 radical (unpaired) electrons. The monoisotopic (exact) mass is 362 g/mol. The summed E-state index contributed by atoms with van der Waals surface area (Å²) in [4.78, 5) is 26.6. The number of rotatable bonds is 6. The molecule has 0 saturated carbocycles. The van der Waals surface area contributed by atoms with Gasteiger partial charge in [-0.1, -0.05) is 30.3 Å². The van der Waals surface area contributed by atoms with Crippen molar-refractivity contribution in [1.82, 2.24) is 10.3 Å². The van der Waals surface area contributed by atoms with E-state index < -0.39 is 4.92 Å². The number of amides is 1. The molecular formula is C20H18N4O3. The van der Waals surface area contributed by atoms with Crippen molar-refractivity contribution in [2.75, 3.05) is 12.4 Å². The topological polar surface area (TPSA) is 97.2 Å². The van der Waals surface area contributed by atoms with Gasteiger partial charge in [0.2, 0.25) is 0 Å². The minimum Gasteiger partial charge on any atom is -0.380 e. The molecule has 0 aliphatic rings. The fraction of sp³-hybridized carbons (Fsp3) is 0.100. The average molecular weight is 362 g/mol. The number of nitro groups is 1. The number of carbonyl (C=O) groups is 1. The SMILES string of the molecule is CNC(=O)c1cc([N+](=O)[O-])ccc1NCc1ccc(-c2cccnc2)cc1. The maximum atomic E-state index is 12.0. The highest BCUT2D eigenvalue weighted by Gasteiger charge is 2.15. The minimum atomic E-state index is -0.520. The normalized spacial score (nSPS) is 10.3. The fourth-order valence-corrected chi connectivity index (χ4v) is 2.67. The van der Waals surface area contributed by atoms with E-state index in [0.29, 0.717) is 12.2 Å². The van der Waals surface area contributed by atoms with Crippen LogP contribution in [0.4, 0.5) is 11.4 Å². The van der Waals surface area contributed by atoms with E-state index in [4.69, 9.17) is 0 Å². The molecule has 0 aliphatic heterocycles. The zero-order valence-corrected chi connectivity index (χ0v) is 14.7. The van der Waals surface area contributed by atoms with Crippen LogP contribution in [0, 0.1) is 10.1 Å². The average Bonchev–Trinajstić information content (AvgIpc) is 2.72. The van der Waals surface area contributed by atoms with Crippen LogP contribution in [-0.4, -0.2) is 22.9 Å². The molecule has 7 nitrogen and oxygen atoms in total. The van der Waals surface area contributed by atoms with E-state index in [1.54, 1.807) is 18.5 Å². The van der Waals surface area contributed by atoms with Gasteiger partial charge in [-0.2, -0.15) is 0 Å². The van der Waals surface area contributed by atoms with Gasteiger partial charge in [0.05, 0.1) is 10.5 Å². The smallest absolute Gasteiger partial charge is 0.270 e. The van der Waals surface area contributed by atoms with E-state index in [2.05, 4.69) is 15.6 Å². The number of carbonyl (C=O) groups excluding carboxylic acids is 1. The molecule has 7 heteroatoms. The highest BCUT2D eigenvalue weighted by molar-refractivity contribution is 6.00. The summed E-state index contributed by atoms with van der Waals surface area (Å²) in [6, 6.07) is 16.1. The number of non-ortho nitro benzene ring substituents is 1. The maximum absolute atomic E-state index is 12.0. The molecule has 27 heavy (non-hydrogen) atoms. The van der Waals surface area contributed by atoms with Gasteiger partial charge in [0, 0.05) is 43.8 Å². The zero-order chi connectivity index (χ0) is 19.2. The molecule has 3 rings (SSSR count). The molecule has 1 aromatic heterocycles. The third-order valence-corrected chi connectivity index (χ3v) is 4.12. The van der Waals surface area contributed by atoms with E-state index in [1.807, 2.05) is 36.4 Å². The van der Waals surface area contributed by atoms with Crippen LogP contribution in [0.1, 0.15) is 15.9 Å². The summed E-state index contributed by atoms with van der Waals surface area (Å²) >= 11 is 0. The number of pyridine rings is 1. The summed E-state index contributed by atoms with van der Waals surface area (Å²) in [6.07, 6.45) is 3.54. The standard InChI is InChI=1S/C20H18N4O3/c1-21-20(25)18-11-17(24(26)27)8-9-19(18)23-12-14-4-6-15(7-5-14)16-3-2-10-22-13-16/h2-11,13,23H,12H2,1H3,(H,21,25). The second-order valence-corrected chi connectivity index (χ2v) is 5.86. The van der Waals surface area contributed by atoms with Crippen molar-refractivity contribution in [1.29, 1.82) is 0 Å². The lowest BCUT2D eigenvalue weighted by molar-refractivity contribution is -0.384. The molecule has 0 spiro atoms. The van der Waals surface area contributed by atoms with Crippen molar-refractivity contribution in [2.45, 2.75) is 6.54 Å². The predicted molar refractivity (Wildman–Crippen MR) is 103 cm³/mol. The third-order valence-electron chi connectivity index (χ3n) is 4.12. The van der Waals surface area contributed by atoms with Gasteiger partial charge in [0.1, 0.15) is 0 Å². The molecule has 0 saturated heterocycles. The second-order valence-electron chi connectivity index (χ2n) is 5.86. The van der Waals surface area contributed by atoms with Gasteiger partial charge < -0.3 is 10.6 Å². The molecule has 2 N–H and O–H groups in total. The second kappa shape index (κ2) is 8.09. The Bertz CT molecular complexity index is 957. The van der Waals surface area contributed by atoms with Crippen LogP contribution >= 0.6 is 0 Å². The summed E-state index contributed by atoms with van der Waals surface area (Å²) in [7, 11) is 1.49. The van der Waals surface area contributed by atoms with E-state index >= 15 is 0 Å². The lowest BCUT2D eigenvalue weighted by Crippen LogP contribution is -2.20. The molecule has 0 fully saturated rings. The van der Waals surface area contributed by atoms with Crippen molar-refractivity contribution in [3.63, 3.8) is 0 Å². The predicted octanol–water partition coefficient (Wildman–Crippen LogP) is 3.63. The first kappa shape index (κ1) is 18.1. The summed E-state index contributed by atoms with van der Waals surface area (Å²) < 4.78 is 0. The van der Waals surface area contributed by atoms with Crippen LogP contribution in [0.15, 0.2) is 67.0 Å². The Labute approximate surface area is 156 Å². The van der Waals surface area contributed by atoms with Gasteiger partial charge in [0.25, 0.3) is 11.6 Å². The number of anilines is 1. The Hall–Kier alpha value is -3.74. The number of nitrogens with one attached hydrogen (secondary N) is 2. The van der Waals surface area contributed by atoms with Gasteiger partial charge in [-0.25, -0.2) is 0 Å². The molecule has 2 aromatic carbocycles. The molecule has 3 aromatic rings. The van der Waals surface area contributed by atoms with Crippen molar-refractivity contribution in [3.8, 4) is 11.1 Å². The third kappa shape index (κ3) is 4.27. The highest BCUT2D eigenvalue weighted by atomic mass is 16.6. The van der Waals surface area contributed by atoms with Crippen LogP contribution in [-0.2, 0) is 6.54 Å². The van der Waals surface area contributed by atoms with Crippen LogP contribution in [0.5, 0.6) is 0 Å². The van der Waals surface area contributed by atoms with Crippen LogP contribution in [0.25, 0.3) is 11.1 Å². The lowest BCUT2D eigenvalue weighted by atomic mass is 10.1. The molecule has 0 bridgehead atoms. The molecule has 0 atom stereocenters. The summed E-state index contributed by atoms with van der Waals surface area (Å²) in [5.74, 6) is -0.381. The maximum Gasteiger partial charge on any atom is 0.270 e. The fourth-order valence-electron chi connectivity index (χ4n) is 2.67. The number of hydrogen-bond acceptors (Lipinski definition) is 5. The van der Waals surface area contributed by atoms with E-state index in [1.165, 1.54) is 19.2 Å². The van der Waals surface area contributed by atoms with Crippen molar-refractivity contribution >= 4 is 17.3 Å². The quantitative estimate of drug-likeness (QED) is 0.515. The first-order valence-electron chi connectivity index (χ1n) is 8.32. The van der Waals surface area contributed by atoms with Crippen molar-refractivity contribution in [2.24, 2.45) is 0 Å². The Morgan fingerprint density at radius 2 is 1.89 bits per heavy atom. The Morgan fingerprint density at radius 3 is 2.52 bits per heavy atom. The van der Waals surface area contributed by atoms with Crippen LogP contribution in [0.3, 0.4) is 0 Å². The molecule has 136 valence electrons. The largest absolute Gasteiger partial charge is 0.380 e. The van der Waals surface area contributed by atoms with E-state index in [9.17, 15) is 14.9 Å². The van der Waals surface area contributed by atoms with Gasteiger partial charge in [0.15, 0.2) is 0 Å². The first-order chi connectivity index (χ1) is 13.1. The Kier molecular flexibility index (Phi) is 5.41. The van der Waals surface area contributed by atoms with Gasteiger partial charge in [-0.3, -0.25) is 19.9 Å². The zero-order valence-electron chi connectivity index (χ0n) is 14.7. The Morgan fingerprint density at radius 1 is 1.11 bits per heavy atom. The van der Waals surface area contributed by atoms with Gasteiger partial charge in [-0.05, 0) is 28.8 Å². The van der Waals surface area contributed by atoms with Crippen molar-refractivity contribution < 1.29 is 9.72 Å². The van der Waals surface area contributed by atoms with E-state index in [-0.39, 0.29) is 17.2 Å². The summed E-state index contributed by atoms with van der Waals surface area (Å²) in [6.45, 7) is 0.481. The number of nitrogens with zero attached hydrogens (tertiary/aromatic N) is 2. The van der Waals surface area contributed by atoms with E-state index in [0.717, 1.165) is 16.7 Å². The molecule has 0 aliphatic carbocycles. The number of hydrogen-bond donors (Lipinski definition) is 2. The Balaban J connectivity index is 1.76. The molecule has 0 unspecified atom stereocenters. The number of aromatic nitrogens is 1. The highest BCUT2D eigenvalue weighted by Crippen LogP contribution is 2.23. The number of nitro benzene ring substituents is 1. The lowest BCUT2D eigenvalue weighted by Gasteiger charge is -2.12. The van der Waals surface area contributed by atoms with Crippen LogP contribution < -0.4 is 10.6 Å². The molecule has 1 amide bonds. The first-order valence-corrected chi connectivity index (χ1v) is 8.32. The summed E-state index contributed by atoms with van der Waals surface area (Å²) in [5.41, 5.74) is 3.77. The molecular weight excluding hydrogens is 344 g/mol. The molecule has 1 heterocycles. The minimum absolute atomic E-state index is 0.125. The van der Waals surface area contributed by atoms with Gasteiger partial charge in [-0.15, -0.1) is 0 Å². The summed E-state index contributed by atoms with van der Waals surface area (Å²) in [5, 5.41) is 16.6. The van der Waals surface area contributed by atoms with Crippen LogP contribution in [0.2, 0.25) is 0 Å². The number of benzene rings is 2.